The van der Waals surface area contributed by atoms with E-state index < -0.39 is 15.9 Å². The van der Waals surface area contributed by atoms with Crippen molar-refractivity contribution in [3.05, 3.63) is 83.4 Å². The molecule has 0 aliphatic carbocycles. The molecular weight excluding hydrogens is 418 g/mol. The number of amides is 1. The summed E-state index contributed by atoms with van der Waals surface area (Å²) >= 11 is 1.39. The van der Waals surface area contributed by atoms with E-state index in [1.807, 2.05) is 19.9 Å². The van der Waals surface area contributed by atoms with E-state index in [4.69, 9.17) is 0 Å². The van der Waals surface area contributed by atoms with Gasteiger partial charge in [0.05, 0.1) is 15.1 Å². The molecule has 0 fully saturated rings. The number of thiazole rings is 1. The van der Waals surface area contributed by atoms with Gasteiger partial charge in [-0.2, -0.15) is 0 Å². The molecule has 1 amide bonds. The average Bonchev–Trinajstić information content (AvgIpc) is 3.11. The van der Waals surface area contributed by atoms with Gasteiger partial charge >= 0.3 is 0 Å². The number of aryl methyl sites for hydroxylation is 2. The van der Waals surface area contributed by atoms with Gasteiger partial charge in [-0.25, -0.2) is 13.4 Å². The number of nitrogens with zero attached hydrogens (tertiary/aromatic N) is 1. The highest BCUT2D eigenvalue weighted by molar-refractivity contribution is 7.92. The van der Waals surface area contributed by atoms with Gasteiger partial charge in [0.25, 0.3) is 15.9 Å². The lowest BCUT2D eigenvalue weighted by Crippen LogP contribution is -2.15. The Morgan fingerprint density at radius 2 is 1.73 bits per heavy atom. The first-order valence-corrected chi connectivity index (χ1v) is 11.5. The Labute approximate surface area is 178 Å². The second-order valence-corrected chi connectivity index (χ2v) is 9.58. The summed E-state index contributed by atoms with van der Waals surface area (Å²) in [6.45, 7) is 4.01. The molecular formula is C22H19N3O3S2. The molecule has 0 aliphatic heterocycles. The normalized spacial score (nSPS) is 11.4. The van der Waals surface area contributed by atoms with Crippen LogP contribution >= 0.6 is 11.3 Å². The maximum Gasteiger partial charge on any atom is 0.261 e. The van der Waals surface area contributed by atoms with Crippen LogP contribution in [0.2, 0.25) is 0 Å². The minimum Gasteiger partial charge on any atom is -0.298 e. The lowest BCUT2D eigenvalue weighted by molar-refractivity contribution is 0.102. The number of anilines is 2. The van der Waals surface area contributed by atoms with Crippen LogP contribution < -0.4 is 10.0 Å². The van der Waals surface area contributed by atoms with E-state index in [1.165, 1.54) is 23.5 Å². The first-order chi connectivity index (χ1) is 14.3. The van der Waals surface area contributed by atoms with Gasteiger partial charge in [-0.05, 0) is 61.4 Å². The molecule has 0 spiro atoms. The van der Waals surface area contributed by atoms with Gasteiger partial charge in [-0.1, -0.05) is 41.7 Å². The third kappa shape index (κ3) is 4.19. The van der Waals surface area contributed by atoms with Crippen molar-refractivity contribution in [2.45, 2.75) is 18.7 Å². The number of para-hydroxylation sites is 1. The van der Waals surface area contributed by atoms with Gasteiger partial charge in [0.2, 0.25) is 0 Å². The van der Waals surface area contributed by atoms with Crippen molar-refractivity contribution in [3.63, 3.8) is 0 Å². The summed E-state index contributed by atoms with van der Waals surface area (Å²) in [6, 6.07) is 18.5. The predicted octanol–water partition coefficient (Wildman–Crippen LogP) is 4.97. The zero-order chi connectivity index (χ0) is 21.3. The van der Waals surface area contributed by atoms with Crippen molar-refractivity contribution >= 4 is 48.3 Å². The summed E-state index contributed by atoms with van der Waals surface area (Å²) < 4.78 is 28.9. The molecule has 1 aromatic heterocycles. The number of aromatic nitrogens is 1. The zero-order valence-electron chi connectivity index (χ0n) is 16.3. The van der Waals surface area contributed by atoms with Crippen LogP contribution in [0, 0.1) is 13.8 Å². The van der Waals surface area contributed by atoms with Crippen LogP contribution in [0.1, 0.15) is 21.5 Å². The molecule has 0 unspecified atom stereocenters. The largest absolute Gasteiger partial charge is 0.298 e. The highest BCUT2D eigenvalue weighted by Crippen LogP contribution is 2.30. The lowest BCUT2D eigenvalue weighted by Gasteiger charge is -2.09. The van der Waals surface area contributed by atoms with E-state index in [2.05, 4.69) is 21.1 Å². The number of hydrogen-bond donors (Lipinski definition) is 2. The second kappa shape index (κ2) is 7.89. The molecule has 152 valence electrons. The minimum atomic E-state index is -3.82. The van der Waals surface area contributed by atoms with Crippen molar-refractivity contribution in [1.29, 1.82) is 0 Å². The van der Waals surface area contributed by atoms with Crippen molar-refractivity contribution in [1.82, 2.24) is 4.98 Å². The number of carbonyl (C=O) groups excluding carboxylic acids is 1. The van der Waals surface area contributed by atoms with E-state index in [0.29, 0.717) is 10.8 Å². The summed E-state index contributed by atoms with van der Waals surface area (Å²) in [6.07, 6.45) is 0. The Morgan fingerprint density at radius 3 is 2.50 bits per heavy atom. The van der Waals surface area contributed by atoms with Gasteiger partial charge < -0.3 is 0 Å². The van der Waals surface area contributed by atoms with Gasteiger partial charge in [0.1, 0.15) is 0 Å². The highest BCUT2D eigenvalue weighted by atomic mass is 32.2. The molecule has 2 N–H and O–H groups in total. The lowest BCUT2D eigenvalue weighted by atomic mass is 10.1. The Morgan fingerprint density at radius 1 is 0.967 bits per heavy atom. The molecule has 4 aromatic rings. The molecule has 30 heavy (non-hydrogen) atoms. The number of nitrogens with one attached hydrogen (secondary N) is 2. The maximum absolute atomic E-state index is 12.7. The van der Waals surface area contributed by atoms with Gasteiger partial charge in [0.15, 0.2) is 5.13 Å². The summed E-state index contributed by atoms with van der Waals surface area (Å²) in [4.78, 5) is 17.2. The van der Waals surface area contributed by atoms with Crippen LogP contribution in [-0.2, 0) is 10.0 Å². The average molecular weight is 438 g/mol. The predicted molar refractivity (Wildman–Crippen MR) is 121 cm³/mol. The van der Waals surface area contributed by atoms with Crippen LogP contribution in [0.15, 0.2) is 71.6 Å². The molecule has 3 aromatic carbocycles. The molecule has 6 nitrogen and oxygen atoms in total. The number of fused-ring (bicyclic) bond motifs is 1. The molecule has 0 atom stereocenters. The standard InChI is InChI=1S/C22H19N3O3S2/c1-14-11-15(2)20-19(12-14)23-22(29-20)24-21(26)16-7-6-10-18(13-16)30(27,28)25-17-8-4-3-5-9-17/h3-13,25H,1-2H3,(H,23,24,26). The van der Waals surface area contributed by atoms with Crippen molar-refractivity contribution in [2.75, 3.05) is 10.0 Å². The summed E-state index contributed by atoms with van der Waals surface area (Å²) in [5.74, 6) is -0.416. The Kier molecular flexibility index (Phi) is 5.27. The third-order valence-electron chi connectivity index (χ3n) is 4.47. The number of hydrogen-bond acceptors (Lipinski definition) is 5. The Balaban J connectivity index is 1.58. The van der Waals surface area contributed by atoms with E-state index in [9.17, 15) is 13.2 Å². The van der Waals surface area contributed by atoms with Gasteiger partial charge in [-0.3, -0.25) is 14.8 Å². The monoisotopic (exact) mass is 437 g/mol. The molecule has 0 saturated carbocycles. The molecule has 8 heteroatoms. The molecule has 4 rings (SSSR count). The topological polar surface area (TPSA) is 88.2 Å². The Bertz CT molecular complexity index is 1350. The Hall–Kier alpha value is -3.23. The fourth-order valence-corrected chi connectivity index (χ4v) is 5.14. The van der Waals surface area contributed by atoms with Crippen LogP contribution in [0.3, 0.4) is 0 Å². The first-order valence-electron chi connectivity index (χ1n) is 9.19. The van der Waals surface area contributed by atoms with E-state index in [1.54, 1.807) is 42.5 Å². The van der Waals surface area contributed by atoms with Crippen LogP contribution in [-0.4, -0.2) is 19.3 Å². The van der Waals surface area contributed by atoms with E-state index >= 15 is 0 Å². The van der Waals surface area contributed by atoms with Crippen molar-refractivity contribution in [2.24, 2.45) is 0 Å². The van der Waals surface area contributed by atoms with Crippen molar-refractivity contribution in [3.8, 4) is 0 Å². The smallest absolute Gasteiger partial charge is 0.261 e. The second-order valence-electron chi connectivity index (χ2n) is 6.90. The summed E-state index contributed by atoms with van der Waals surface area (Å²) in [5.41, 5.74) is 3.72. The minimum absolute atomic E-state index is 0.00905. The molecule has 1 heterocycles. The molecule has 0 aliphatic rings. The number of benzene rings is 3. The van der Waals surface area contributed by atoms with Crippen LogP contribution in [0.4, 0.5) is 10.8 Å². The summed E-state index contributed by atoms with van der Waals surface area (Å²) in [7, 11) is -3.82. The quantitative estimate of drug-likeness (QED) is 0.462. The van der Waals surface area contributed by atoms with Crippen molar-refractivity contribution < 1.29 is 13.2 Å². The fourth-order valence-electron chi connectivity index (χ4n) is 3.12. The highest BCUT2D eigenvalue weighted by Gasteiger charge is 2.17. The number of sulfonamides is 1. The van der Waals surface area contributed by atoms with E-state index in [0.717, 1.165) is 21.3 Å². The van der Waals surface area contributed by atoms with E-state index in [-0.39, 0.29) is 10.5 Å². The fraction of sp³-hybridized carbons (Fsp3) is 0.0909. The summed E-state index contributed by atoms with van der Waals surface area (Å²) in [5, 5.41) is 3.25. The number of rotatable bonds is 5. The zero-order valence-corrected chi connectivity index (χ0v) is 18.0. The first kappa shape index (κ1) is 20.1. The van der Waals surface area contributed by atoms with Crippen LogP contribution in [0.25, 0.3) is 10.2 Å². The maximum atomic E-state index is 12.7. The number of carbonyl (C=O) groups is 1. The van der Waals surface area contributed by atoms with Crippen LogP contribution in [0.5, 0.6) is 0 Å². The van der Waals surface area contributed by atoms with Gasteiger partial charge in [0, 0.05) is 11.3 Å². The molecule has 0 radical (unpaired) electrons. The third-order valence-corrected chi connectivity index (χ3v) is 6.97. The molecule has 0 saturated heterocycles. The SMILES string of the molecule is Cc1cc(C)c2sc(NC(=O)c3cccc(S(=O)(=O)Nc4ccccc4)c3)nc2c1. The molecule has 0 bridgehead atoms. The van der Waals surface area contributed by atoms with Gasteiger partial charge in [-0.15, -0.1) is 0 Å².